The fourth-order valence-corrected chi connectivity index (χ4v) is 2.52. The van der Waals surface area contributed by atoms with E-state index >= 15 is 0 Å². The van der Waals surface area contributed by atoms with Crippen LogP contribution in [0.2, 0.25) is 0 Å². The third-order valence-electron chi connectivity index (χ3n) is 3.74. The highest BCUT2D eigenvalue weighted by atomic mass is 14.9. The Morgan fingerprint density at radius 3 is 2.73 bits per heavy atom. The van der Waals surface area contributed by atoms with Crippen LogP contribution in [-0.4, -0.2) is 9.97 Å². The average Bonchev–Trinajstić information content (AvgIpc) is 2.53. The lowest BCUT2D eigenvalue weighted by Crippen LogP contribution is -2.02. The first-order chi connectivity index (χ1) is 10.6. The van der Waals surface area contributed by atoms with Crippen molar-refractivity contribution in [2.24, 2.45) is 0 Å². The van der Waals surface area contributed by atoms with Crippen molar-refractivity contribution in [1.29, 1.82) is 0 Å². The quantitative estimate of drug-likeness (QED) is 0.683. The molecule has 0 bridgehead atoms. The summed E-state index contributed by atoms with van der Waals surface area (Å²) in [6.07, 6.45) is 9.12. The molecule has 2 heteroatoms. The highest BCUT2D eigenvalue weighted by Crippen LogP contribution is 2.24. The third kappa shape index (κ3) is 4.14. The smallest absolute Gasteiger partial charge is 0.132 e. The van der Waals surface area contributed by atoms with E-state index in [1.165, 1.54) is 16.7 Å². The molecule has 0 aliphatic heterocycles. The number of hydrogen-bond donors (Lipinski definition) is 0. The van der Waals surface area contributed by atoms with Gasteiger partial charge in [0.05, 0.1) is 5.69 Å². The van der Waals surface area contributed by atoms with Crippen LogP contribution in [0.15, 0.2) is 60.3 Å². The Hall–Kier alpha value is -2.22. The van der Waals surface area contributed by atoms with Crippen molar-refractivity contribution in [2.45, 2.75) is 40.0 Å². The molecule has 2 rings (SSSR count). The highest BCUT2D eigenvalue weighted by molar-refractivity contribution is 5.62. The summed E-state index contributed by atoms with van der Waals surface area (Å²) < 4.78 is 0. The Labute approximate surface area is 133 Å². The highest BCUT2D eigenvalue weighted by Gasteiger charge is 2.11. The Balaban J connectivity index is 2.23. The lowest BCUT2D eigenvalue weighted by Gasteiger charge is -2.12. The summed E-state index contributed by atoms with van der Waals surface area (Å²) in [7, 11) is 0. The zero-order valence-corrected chi connectivity index (χ0v) is 13.9. The molecule has 0 aliphatic carbocycles. The van der Waals surface area contributed by atoms with Gasteiger partial charge >= 0.3 is 0 Å². The van der Waals surface area contributed by atoms with Crippen LogP contribution < -0.4 is 0 Å². The normalized spacial score (nSPS) is 13.5. The Kier molecular flexibility index (Phi) is 5.65. The second-order valence-corrected chi connectivity index (χ2v) is 5.76. The second kappa shape index (κ2) is 7.69. The summed E-state index contributed by atoms with van der Waals surface area (Å²) in [5.41, 5.74) is 4.77. The summed E-state index contributed by atoms with van der Waals surface area (Å²) in [4.78, 5) is 9.25. The van der Waals surface area contributed by atoms with Gasteiger partial charge < -0.3 is 0 Å². The molecule has 0 radical (unpaired) electrons. The number of allylic oxidation sites excluding steroid dienone is 4. The van der Waals surface area contributed by atoms with Gasteiger partial charge in [-0.05, 0) is 38.8 Å². The molecule has 0 fully saturated rings. The van der Waals surface area contributed by atoms with Crippen molar-refractivity contribution in [3.8, 4) is 11.3 Å². The van der Waals surface area contributed by atoms with Gasteiger partial charge in [0.15, 0.2) is 0 Å². The standard InChI is InChI=1S/C20H24N2/c1-5-6-9-15(2)14-17(4)20-21-13-12-19(22-20)18-11-8-7-10-16(18)3/h5-13,17H,14H2,1-4H3. The van der Waals surface area contributed by atoms with Crippen molar-refractivity contribution in [3.05, 3.63) is 71.7 Å². The number of aromatic nitrogens is 2. The Morgan fingerprint density at radius 1 is 1.23 bits per heavy atom. The van der Waals surface area contributed by atoms with E-state index in [2.05, 4.69) is 62.2 Å². The summed E-state index contributed by atoms with van der Waals surface area (Å²) in [5, 5.41) is 0. The van der Waals surface area contributed by atoms with Crippen molar-refractivity contribution < 1.29 is 0 Å². The molecule has 1 unspecified atom stereocenters. The van der Waals surface area contributed by atoms with E-state index in [9.17, 15) is 0 Å². The van der Waals surface area contributed by atoms with Gasteiger partial charge in [0.2, 0.25) is 0 Å². The monoisotopic (exact) mass is 292 g/mol. The summed E-state index contributed by atoms with van der Waals surface area (Å²) in [6, 6.07) is 10.3. The molecular weight excluding hydrogens is 268 g/mol. The van der Waals surface area contributed by atoms with Crippen molar-refractivity contribution in [3.63, 3.8) is 0 Å². The molecule has 1 heterocycles. The van der Waals surface area contributed by atoms with Crippen LogP contribution in [-0.2, 0) is 0 Å². The minimum Gasteiger partial charge on any atom is -0.241 e. The predicted molar refractivity (Wildman–Crippen MR) is 93.8 cm³/mol. The van der Waals surface area contributed by atoms with Gasteiger partial charge in [-0.15, -0.1) is 0 Å². The number of benzene rings is 1. The first kappa shape index (κ1) is 16.2. The zero-order valence-electron chi connectivity index (χ0n) is 13.9. The van der Waals surface area contributed by atoms with Gasteiger partial charge in [-0.2, -0.15) is 0 Å². The van der Waals surface area contributed by atoms with Crippen molar-refractivity contribution in [1.82, 2.24) is 9.97 Å². The first-order valence-electron chi connectivity index (χ1n) is 7.79. The molecule has 0 saturated heterocycles. The maximum absolute atomic E-state index is 4.78. The molecule has 1 aromatic heterocycles. The van der Waals surface area contributed by atoms with Crippen LogP contribution in [0.4, 0.5) is 0 Å². The van der Waals surface area contributed by atoms with Crippen LogP contribution in [0, 0.1) is 6.92 Å². The average molecular weight is 292 g/mol. The van der Waals surface area contributed by atoms with E-state index in [1.54, 1.807) is 0 Å². The Morgan fingerprint density at radius 2 is 2.00 bits per heavy atom. The van der Waals surface area contributed by atoms with E-state index in [0.29, 0.717) is 5.92 Å². The molecule has 2 aromatic rings. The van der Waals surface area contributed by atoms with Crippen molar-refractivity contribution >= 4 is 0 Å². The van der Waals surface area contributed by atoms with Crippen LogP contribution >= 0.6 is 0 Å². The van der Waals surface area contributed by atoms with Gasteiger partial charge in [0, 0.05) is 17.7 Å². The van der Waals surface area contributed by atoms with Gasteiger partial charge in [0.1, 0.15) is 5.82 Å². The molecule has 114 valence electrons. The van der Waals surface area contributed by atoms with Gasteiger partial charge in [0.25, 0.3) is 0 Å². The first-order valence-corrected chi connectivity index (χ1v) is 7.79. The van der Waals surface area contributed by atoms with Gasteiger partial charge in [-0.3, -0.25) is 0 Å². The minimum atomic E-state index is 0.311. The summed E-state index contributed by atoms with van der Waals surface area (Å²) >= 11 is 0. The second-order valence-electron chi connectivity index (χ2n) is 5.76. The summed E-state index contributed by atoms with van der Waals surface area (Å²) in [6.45, 7) is 8.48. The van der Waals surface area contributed by atoms with E-state index in [0.717, 1.165) is 17.9 Å². The molecule has 0 N–H and O–H groups in total. The van der Waals surface area contributed by atoms with E-state index in [1.807, 2.05) is 25.3 Å². The Bertz CT molecular complexity index is 684. The fourth-order valence-electron chi connectivity index (χ4n) is 2.52. The minimum absolute atomic E-state index is 0.311. The maximum Gasteiger partial charge on any atom is 0.132 e. The van der Waals surface area contributed by atoms with Gasteiger partial charge in [-0.1, -0.05) is 55.0 Å². The number of rotatable bonds is 5. The topological polar surface area (TPSA) is 25.8 Å². The molecule has 22 heavy (non-hydrogen) atoms. The SMILES string of the molecule is CC=CC=C(C)CC(C)c1nccc(-c2ccccc2C)n1. The predicted octanol–water partition coefficient (Wildman–Crippen LogP) is 5.47. The van der Waals surface area contributed by atoms with E-state index < -0.39 is 0 Å². The third-order valence-corrected chi connectivity index (χ3v) is 3.74. The molecule has 2 nitrogen and oxygen atoms in total. The molecule has 0 spiro atoms. The molecule has 0 saturated carbocycles. The maximum atomic E-state index is 4.78. The fraction of sp³-hybridized carbons (Fsp3) is 0.300. The zero-order chi connectivity index (χ0) is 15.9. The van der Waals surface area contributed by atoms with Crippen molar-refractivity contribution in [2.75, 3.05) is 0 Å². The lowest BCUT2D eigenvalue weighted by molar-refractivity contribution is 0.694. The van der Waals surface area contributed by atoms with Crippen LogP contribution in [0.1, 0.15) is 44.5 Å². The van der Waals surface area contributed by atoms with Crippen LogP contribution in [0.3, 0.4) is 0 Å². The van der Waals surface area contributed by atoms with E-state index in [4.69, 9.17) is 4.98 Å². The summed E-state index contributed by atoms with van der Waals surface area (Å²) in [5.74, 6) is 1.22. The molecular formula is C20H24N2. The molecule has 1 atom stereocenters. The molecule has 1 aromatic carbocycles. The lowest BCUT2D eigenvalue weighted by atomic mass is 10.0. The molecule has 0 amide bonds. The largest absolute Gasteiger partial charge is 0.241 e. The number of hydrogen-bond acceptors (Lipinski definition) is 2. The van der Waals surface area contributed by atoms with Gasteiger partial charge in [-0.25, -0.2) is 9.97 Å². The number of nitrogens with zero attached hydrogens (tertiary/aromatic N) is 2. The number of aryl methyl sites for hydroxylation is 1. The molecule has 0 aliphatic rings. The van der Waals surface area contributed by atoms with Crippen LogP contribution in [0.5, 0.6) is 0 Å². The van der Waals surface area contributed by atoms with Crippen LogP contribution in [0.25, 0.3) is 11.3 Å². The van der Waals surface area contributed by atoms with E-state index in [-0.39, 0.29) is 0 Å².